The van der Waals surface area contributed by atoms with E-state index in [1.807, 2.05) is 0 Å². The van der Waals surface area contributed by atoms with Crippen LogP contribution in [0.1, 0.15) is 46.0 Å². The number of aldehydes is 1. The van der Waals surface area contributed by atoms with Crippen molar-refractivity contribution in [2.75, 3.05) is 0 Å². The number of hydrogen-bond donors (Lipinski definition) is 0. The second-order valence-electron chi connectivity index (χ2n) is 2.79. The maximum atomic E-state index is 10.4. The van der Waals surface area contributed by atoms with Crippen LogP contribution in [0.5, 0.6) is 0 Å². The van der Waals surface area contributed by atoms with Crippen LogP contribution in [-0.2, 0) is 4.79 Å². The molecular formula is C10H18O. The van der Waals surface area contributed by atoms with Crippen molar-refractivity contribution in [3.63, 3.8) is 0 Å². The first kappa shape index (κ1) is 10.4. The van der Waals surface area contributed by atoms with E-state index in [1.165, 1.54) is 12.8 Å². The molecule has 0 radical (unpaired) electrons. The predicted octanol–water partition coefficient (Wildman–Crippen LogP) is 3.10. The minimum Gasteiger partial charge on any atom is -0.298 e. The lowest BCUT2D eigenvalue weighted by Crippen LogP contribution is -1.83. The van der Waals surface area contributed by atoms with Gasteiger partial charge < -0.3 is 0 Å². The third kappa shape index (κ3) is 5.84. The molecule has 0 aromatic carbocycles. The first-order valence-corrected chi connectivity index (χ1v) is 4.49. The van der Waals surface area contributed by atoms with E-state index in [0.29, 0.717) is 0 Å². The van der Waals surface area contributed by atoms with Crippen molar-refractivity contribution in [2.24, 2.45) is 0 Å². The molecule has 64 valence electrons. The van der Waals surface area contributed by atoms with Crippen LogP contribution in [0.25, 0.3) is 0 Å². The molecule has 0 bridgehead atoms. The summed E-state index contributed by atoms with van der Waals surface area (Å²) < 4.78 is 0. The Balaban J connectivity index is 3.61. The van der Waals surface area contributed by atoms with Crippen molar-refractivity contribution in [3.8, 4) is 0 Å². The maximum Gasteiger partial charge on any atom is 0.145 e. The van der Waals surface area contributed by atoms with Gasteiger partial charge in [-0.25, -0.2) is 0 Å². The van der Waals surface area contributed by atoms with Gasteiger partial charge in [-0.1, -0.05) is 39.2 Å². The molecule has 0 N–H and O–H groups in total. The Morgan fingerprint density at radius 2 is 2.00 bits per heavy atom. The van der Waals surface area contributed by atoms with Crippen molar-refractivity contribution in [3.05, 3.63) is 11.6 Å². The van der Waals surface area contributed by atoms with Gasteiger partial charge in [0, 0.05) is 0 Å². The van der Waals surface area contributed by atoms with Crippen LogP contribution < -0.4 is 0 Å². The summed E-state index contributed by atoms with van der Waals surface area (Å²) in [5, 5.41) is 0. The summed E-state index contributed by atoms with van der Waals surface area (Å²) in [6, 6.07) is 0. The Hall–Kier alpha value is -0.590. The molecular weight excluding hydrogens is 136 g/mol. The number of rotatable bonds is 6. The molecule has 0 saturated heterocycles. The molecule has 0 aliphatic heterocycles. The van der Waals surface area contributed by atoms with E-state index in [1.54, 1.807) is 0 Å². The monoisotopic (exact) mass is 154 g/mol. The van der Waals surface area contributed by atoms with Gasteiger partial charge in [-0.3, -0.25) is 4.79 Å². The van der Waals surface area contributed by atoms with Crippen LogP contribution in [0.2, 0.25) is 0 Å². The van der Waals surface area contributed by atoms with Gasteiger partial charge >= 0.3 is 0 Å². The molecule has 1 heteroatoms. The Morgan fingerprint density at radius 3 is 2.45 bits per heavy atom. The lowest BCUT2D eigenvalue weighted by Gasteiger charge is -1.95. The van der Waals surface area contributed by atoms with E-state index in [0.717, 1.165) is 31.1 Å². The SMILES string of the molecule is CCCC/C=C(/C=O)CCC. The van der Waals surface area contributed by atoms with Crippen LogP contribution in [0.4, 0.5) is 0 Å². The quantitative estimate of drug-likeness (QED) is 0.326. The van der Waals surface area contributed by atoms with E-state index < -0.39 is 0 Å². The summed E-state index contributed by atoms with van der Waals surface area (Å²) in [5.74, 6) is 0. The van der Waals surface area contributed by atoms with Crippen LogP contribution in [0, 0.1) is 0 Å². The predicted molar refractivity (Wildman–Crippen MR) is 48.6 cm³/mol. The minimum absolute atomic E-state index is 0.938. The first-order valence-electron chi connectivity index (χ1n) is 4.49. The van der Waals surface area contributed by atoms with Gasteiger partial charge in [0.2, 0.25) is 0 Å². The fourth-order valence-corrected chi connectivity index (χ4v) is 0.989. The molecule has 1 nitrogen and oxygen atoms in total. The molecule has 0 aliphatic carbocycles. The third-order valence-electron chi connectivity index (χ3n) is 1.65. The number of carbonyl (C=O) groups is 1. The average molecular weight is 154 g/mol. The molecule has 0 rings (SSSR count). The molecule has 0 heterocycles. The summed E-state index contributed by atoms with van der Waals surface area (Å²) >= 11 is 0. The summed E-state index contributed by atoms with van der Waals surface area (Å²) in [5.41, 5.74) is 0.973. The number of hydrogen-bond acceptors (Lipinski definition) is 1. The smallest absolute Gasteiger partial charge is 0.145 e. The molecule has 0 spiro atoms. The highest BCUT2D eigenvalue weighted by Gasteiger charge is 1.91. The highest BCUT2D eigenvalue weighted by atomic mass is 16.1. The fraction of sp³-hybridized carbons (Fsp3) is 0.700. The zero-order valence-corrected chi connectivity index (χ0v) is 7.60. The van der Waals surface area contributed by atoms with Crippen LogP contribution in [0.3, 0.4) is 0 Å². The third-order valence-corrected chi connectivity index (χ3v) is 1.65. The number of allylic oxidation sites excluding steroid dienone is 2. The van der Waals surface area contributed by atoms with E-state index in [-0.39, 0.29) is 0 Å². The summed E-state index contributed by atoms with van der Waals surface area (Å²) in [6.07, 6.45) is 8.52. The molecule has 0 aromatic heterocycles. The van der Waals surface area contributed by atoms with E-state index in [2.05, 4.69) is 19.9 Å². The summed E-state index contributed by atoms with van der Waals surface area (Å²) in [4.78, 5) is 10.4. The topological polar surface area (TPSA) is 17.1 Å². The van der Waals surface area contributed by atoms with Crippen molar-refractivity contribution in [1.29, 1.82) is 0 Å². The highest BCUT2D eigenvalue weighted by Crippen LogP contribution is 2.04. The molecule has 0 unspecified atom stereocenters. The van der Waals surface area contributed by atoms with Gasteiger partial charge in [0.1, 0.15) is 6.29 Å². The van der Waals surface area contributed by atoms with Crippen LogP contribution in [-0.4, -0.2) is 6.29 Å². The summed E-state index contributed by atoms with van der Waals surface area (Å²) in [7, 11) is 0. The molecule has 0 amide bonds. The standard InChI is InChI=1S/C10H18O/c1-3-5-6-8-10(9-11)7-4-2/h8-9H,3-7H2,1-2H3/b10-8+. The summed E-state index contributed by atoms with van der Waals surface area (Å²) in [6.45, 7) is 4.26. The van der Waals surface area contributed by atoms with Crippen molar-refractivity contribution in [2.45, 2.75) is 46.0 Å². The van der Waals surface area contributed by atoms with Gasteiger partial charge in [0.05, 0.1) is 0 Å². The van der Waals surface area contributed by atoms with Crippen molar-refractivity contribution >= 4 is 6.29 Å². The van der Waals surface area contributed by atoms with Crippen LogP contribution >= 0.6 is 0 Å². The fourth-order valence-electron chi connectivity index (χ4n) is 0.989. The lowest BCUT2D eigenvalue weighted by molar-refractivity contribution is -0.105. The van der Waals surface area contributed by atoms with Gasteiger partial charge in [0.25, 0.3) is 0 Å². The van der Waals surface area contributed by atoms with E-state index >= 15 is 0 Å². The molecule has 0 fully saturated rings. The molecule has 0 atom stereocenters. The Bertz CT molecular complexity index is 125. The zero-order valence-electron chi connectivity index (χ0n) is 7.60. The minimum atomic E-state index is 0.938. The molecule has 0 aromatic rings. The van der Waals surface area contributed by atoms with E-state index in [9.17, 15) is 4.79 Å². The maximum absolute atomic E-state index is 10.4. The molecule has 0 aliphatic rings. The first-order chi connectivity index (χ1) is 5.35. The van der Waals surface area contributed by atoms with Crippen molar-refractivity contribution in [1.82, 2.24) is 0 Å². The normalized spacial score (nSPS) is 11.6. The zero-order chi connectivity index (χ0) is 8.53. The van der Waals surface area contributed by atoms with Gasteiger partial charge in [-0.2, -0.15) is 0 Å². The van der Waals surface area contributed by atoms with Crippen molar-refractivity contribution < 1.29 is 4.79 Å². The Morgan fingerprint density at radius 1 is 1.27 bits per heavy atom. The van der Waals surface area contributed by atoms with Crippen LogP contribution in [0.15, 0.2) is 11.6 Å². The largest absolute Gasteiger partial charge is 0.298 e. The highest BCUT2D eigenvalue weighted by molar-refractivity contribution is 5.72. The molecule has 0 saturated carbocycles. The second kappa shape index (κ2) is 7.52. The Kier molecular flexibility index (Phi) is 7.11. The van der Waals surface area contributed by atoms with Gasteiger partial charge in [0.15, 0.2) is 0 Å². The van der Waals surface area contributed by atoms with Gasteiger partial charge in [-0.05, 0) is 18.4 Å². The Labute approximate surface area is 69.5 Å². The number of unbranched alkanes of at least 4 members (excludes halogenated alkanes) is 2. The molecule has 11 heavy (non-hydrogen) atoms. The van der Waals surface area contributed by atoms with Gasteiger partial charge in [-0.15, -0.1) is 0 Å². The second-order valence-corrected chi connectivity index (χ2v) is 2.79. The van der Waals surface area contributed by atoms with E-state index in [4.69, 9.17) is 0 Å². The number of carbonyl (C=O) groups excluding carboxylic acids is 1. The average Bonchev–Trinajstić information content (AvgIpc) is 2.03. The lowest BCUT2D eigenvalue weighted by atomic mass is 10.1.